The molecule has 1 aliphatic rings. The molecule has 25 heavy (non-hydrogen) atoms. The molecule has 1 fully saturated rings. The Balaban J connectivity index is 1.56. The smallest absolute Gasteiger partial charge is 0.191 e. The van der Waals surface area contributed by atoms with Crippen molar-refractivity contribution in [2.75, 3.05) is 13.1 Å². The molecule has 3 N–H and O–H groups in total. The first-order chi connectivity index (χ1) is 12.2. The number of aliphatic hydroxyl groups excluding tert-OH is 1. The Labute approximate surface area is 150 Å². The van der Waals surface area contributed by atoms with Gasteiger partial charge in [-0.05, 0) is 55.4 Å². The van der Waals surface area contributed by atoms with Crippen LogP contribution in [-0.4, -0.2) is 36.3 Å². The van der Waals surface area contributed by atoms with Gasteiger partial charge in [0, 0.05) is 19.1 Å². The lowest BCUT2D eigenvalue weighted by atomic mass is 9.93. The van der Waals surface area contributed by atoms with Gasteiger partial charge < -0.3 is 15.7 Å². The number of hydrogen-bond donors (Lipinski definition) is 3. The molecule has 0 amide bonds. The summed E-state index contributed by atoms with van der Waals surface area (Å²) >= 11 is 0. The number of hydrogen-bond acceptors (Lipinski definition) is 2. The minimum absolute atomic E-state index is 0.120. The van der Waals surface area contributed by atoms with Crippen LogP contribution in [0.25, 0.3) is 10.8 Å². The summed E-state index contributed by atoms with van der Waals surface area (Å²) in [7, 11) is 0. The number of nitrogens with one attached hydrogen (secondary N) is 2. The lowest BCUT2D eigenvalue weighted by Crippen LogP contribution is -2.45. The fourth-order valence-corrected chi connectivity index (χ4v) is 3.42. The molecule has 2 aromatic rings. The van der Waals surface area contributed by atoms with E-state index in [0.29, 0.717) is 6.04 Å². The number of rotatable bonds is 5. The molecule has 0 saturated heterocycles. The van der Waals surface area contributed by atoms with Gasteiger partial charge in [0.05, 0.1) is 6.10 Å². The van der Waals surface area contributed by atoms with E-state index >= 15 is 0 Å². The minimum Gasteiger partial charge on any atom is -0.393 e. The molecular weight excluding hydrogens is 310 g/mol. The largest absolute Gasteiger partial charge is 0.393 e. The van der Waals surface area contributed by atoms with Crippen LogP contribution in [0.1, 0.15) is 38.2 Å². The van der Waals surface area contributed by atoms with Crippen LogP contribution in [0.3, 0.4) is 0 Å². The molecule has 4 nitrogen and oxygen atoms in total. The first kappa shape index (κ1) is 17.7. The van der Waals surface area contributed by atoms with Crippen LogP contribution >= 0.6 is 0 Å². The van der Waals surface area contributed by atoms with Crippen molar-refractivity contribution >= 4 is 16.7 Å². The molecule has 0 unspecified atom stereocenters. The average Bonchev–Trinajstić information content (AvgIpc) is 2.63. The third-order valence-electron chi connectivity index (χ3n) is 4.87. The molecular formula is C21H29N3O. The third-order valence-corrected chi connectivity index (χ3v) is 4.87. The Hall–Kier alpha value is -2.07. The lowest BCUT2D eigenvalue weighted by molar-refractivity contribution is 0.120. The van der Waals surface area contributed by atoms with Crippen LogP contribution in [0.2, 0.25) is 0 Å². The molecule has 0 aliphatic heterocycles. The first-order valence-electron chi connectivity index (χ1n) is 9.45. The SMILES string of the molecule is CCNC(=NCCc1ccc2ccccc2c1)NC1CCC(O)CC1. The summed E-state index contributed by atoms with van der Waals surface area (Å²) < 4.78 is 0. The van der Waals surface area contributed by atoms with Crippen LogP contribution in [0.4, 0.5) is 0 Å². The number of aliphatic imine (C=N–C) groups is 1. The fraction of sp³-hybridized carbons (Fsp3) is 0.476. The van der Waals surface area contributed by atoms with E-state index in [1.165, 1.54) is 16.3 Å². The molecule has 0 atom stereocenters. The van der Waals surface area contributed by atoms with Gasteiger partial charge in [-0.15, -0.1) is 0 Å². The summed E-state index contributed by atoms with van der Waals surface area (Å²) in [6.45, 7) is 3.71. The number of nitrogens with zero attached hydrogens (tertiary/aromatic N) is 1. The van der Waals surface area contributed by atoms with E-state index in [-0.39, 0.29) is 6.10 Å². The van der Waals surface area contributed by atoms with Gasteiger partial charge in [-0.1, -0.05) is 42.5 Å². The van der Waals surface area contributed by atoms with E-state index in [4.69, 9.17) is 4.99 Å². The zero-order valence-electron chi connectivity index (χ0n) is 15.0. The quantitative estimate of drug-likeness (QED) is 0.579. The van der Waals surface area contributed by atoms with Crippen LogP contribution in [0.5, 0.6) is 0 Å². The van der Waals surface area contributed by atoms with E-state index in [9.17, 15) is 5.11 Å². The van der Waals surface area contributed by atoms with Crippen molar-refractivity contribution in [1.29, 1.82) is 0 Å². The van der Waals surface area contributed by atoms with E-state index in [0.717, 1.165) is 51.2 Å². The van der Waals surface area contributed by atoms with Gasteiger partial charge >= 0.3 is 0 Å². The molecule has 1 saturated carbocycles. The standard InChI is InChI=1S/C21H29N3O/c1-2-22-21(24-19-9-11-20(25)12-10-19)23-14-13-16-7-8-17-5-3-4-6-18(17)15-16/h3-8,15,19-20,25H,2,9-14H2,1H3,(H2,22,23,24). The Morgan fingerprint density at radius 1 is 1.08 bits per heavy atom. The molecule has 2 aromatic carbocycles. The third kappa shape index (κ3) is 5.20. The van der Waals surface area contributed by atoms with Crippen LogP contribution in [-0.2, 0) is 6.42 Å². The van der Waals surface area contributed by atoms with Gasteiger partial charge in [0.15, 0.2) is 5.96 Å². The molecule has 3 rings (SSSR count). The zero-order valence-corrected chi connectivity index (χ0v) is 15.0. The van der Waals surface area contributed by atoms with Gasteiger partial charge in [-0.25, -0.2) is 0 Å². The molecule has 0 aromatic heterocycles. The van der Waals surface area contributed by atoms with Crippen molar-refractivity contribution in [3.05, 3.63) is 48.0 Å². The zero-order chi connectivity index (χ0) is 17.5. The molecule has 1 aliphatic carbocycles. The average molecular weight is 339 g/mol. The first-order valence-corrected chi connectivity index (χ1v) is 9.45. The Bertz CT molecular complexity index is 705. The maximum Gasteiger partial charge on any atom is 0.191 e. The van der Waals surface area contributed by atoms with Gasteiger partial charge in [0.2, 0.25) is 0 Å². The summed E-state index contributed by atoms with van der Waals surface area (Å²) in [6, 6.07) is 15.5. The van der Waals surface area contributed by atoms with Crippen molar-refractivity contribution in [1.82, 2.24) is 10.6 Å². The van der Waals surface area contributed by atoms with E-state index in [2.05, 4.69) is 60.0 Å². The van der Waals surface area contributed by atoms with Crippen LogP contribution in [0, 0.1) is 0 Å². The van der Waals surface area contributed by atoms with Gasteiger partial charge in [-0.2, -0.15) is 0 Å². The maximum atomic E-state index is 9.63. The number of benzene rings is 2. The molecule has 0 spiro atoms. The second-order valence-electron chi connectivity index (χ2n) is 6.84. The highest BCUT2D eigenvalue weighted by molar-refractivity contribution is 5.83. The van der Waals surface area contributed by atoms with Gasteiger partial charge in [0.25, 0.3) is 0 Å². The fourth-order valence-electron chi connectivity index (χ4n) is 3.42. The van der Waals surface area contributed by atoms with Crippen molar-refractivity contribution < 1.29 is 5.11 Å². The van der Waals surface area contributed by atoms with Crippen molar-refractivity contribution in [3.8, 4) is 0 Å². The Morgan fingerprint density at radius 3 is 2.60 bits per heavy atom. The molecule has 134 valence electrons. The highest BCUT2D eigenvalue weighted by Crippen LogP contribution is 2.18. The predicted octanol–water partition coefficient (Wildman–Crippen LogP) is 3.24. The number of aliphatic hydroxyl groups is 1. The lowest BCUT2D eigenvalue weighted by Gasteiger charge is -2.27. The predicted molar refractivity (Wildman–Crippen MR) is 105 cm³/mol. The van der Waals surface area contributed by atoms with Crippen molar-refractivity contribution in [2.24, 2.45) is 4.99 Å². The van der Waals surface area contributed by atoms with Crippen molar-refractivity contribution in [2.45, 2.75) is 51.2 Å². The summed E-state index contributed by atoms with van der Waals surface area (Å²) in [5.74, 6) is 0.893. The topological polar surface area (TPSA) is 56.7 Å². The van der Waals surface area contributed by atoms with E-state index in [1.54, 1.807) is 0 Å². The summed E-state index contributed by atoms with van der Waals surface area (Å²) in [5.41, 5.74) is 1.32. The maximum absolute atomic E-state index is 9.63. The molecule has 0 bridgehead atoms. The van der Waals surface area contributed by atoms with Crippen molar-refractivity contribution in [3.63, 3.8) is 0 Å². The normalized spacial score (nSPS) is 21.3. The Morgan fingerprint density at radius 2 is 1.84 bits per heavy atom. The van der Waals surface area contributed by atoms with Gasteiger partial charge in [-0.3, -0.25) is 4.99 Å². The van der Waals surface area contributed by atoms with E-state index in [1.807, 2.05) is 0 Å². The molecule has 0 heterocycles. The summed E-state index contributed by atoms with van der Waals surface area (Å²) in [6.07, 6.45) is 4.60. The van der Waals surface area contributed by atoms with Crippen LogP contribution in [0.15, 0.2) is 47.5 Å². The molecule has 0 radical (unpaired) electrons. The Kier molecular flexibility index (Phi) is 6.29. The highest BCUT2D eigenvalue weighted by Gasteiger charge is 2.19. The second kappa shape index (κ2) is 8.86. The summed E-state index contributed by atoms with van der Waals surface area (Å²) in [5, 5.41) is 19.1. The minimum atomic E-state index is -0.120. The van der Waals surface area contributed by atoms with Crippen LogP contribution < -0.4 is 10.6 Å². The van der Waals surface area contributed by atoms with Gasteiger partial charge in [0.1, 0.15) is 0 Å². The second-order valence-corrected chi connectivity index (χ2v) is 6.84. The molecule has 4 heteroatoms. The number of guanidine groups is 1. The van der Waals surface area contributed by atoms with E-state index < -0.39 is 0 Å². The highest BCUT2D eigenvalue weighted by atomic mass is 16.3. The number of fused-ring (bicyclic) bond motifs is 1. The summed E-state index contributed by atoms with van der Waals surface area (Å²) in [4.78, 5) is 4.73. The monoisotopic (exact) mass is 339 g/mol.